The fourth-order valence-corrected chi connectivity index (χ4v) is 4.57. The monoisotopic (exact) mass is 390 g/mol. The molecule has 9 heteroatoms. The minimum atomic E-state index is -3.64. The van der Waals surface area contributed by atoms with Crippen LogP contribution in [0.15, 0.2) is 51.2 Å². The number of nitrogens with zero attached hydrogens (tertiary/aromatic N) is 2. The van der Waals surface area contributed by atoms with Gasteiger partial charge in [-0.15, -0.1) is 11.3 Å². The van der Waals surface area contributed by atoms with Gasteiger partial charge in [0.1, 0.15) is 0 Å². The second-order valence-electron chi connectivity index (χ2n) is 6.36. The maximum atomic E-state index is 12.5. The Balaban J connectivity index is 1.56. The Morgan fingerprint density at radius 2 is 2.12 bits per heavy atom. The van der Waals surface area contributed by atoms with Gasteiger partial charge in [0.15, 0.2) is 5.82 Å². The minimum Gasteiger partial charge on any atom is -0.334 e. The molecule has 0 aliphatic heterocycles. The van der Waals surface area contributed by atoms with Crippen LogP contribution in [0.3, 0.4) is 0 Å². The molecule has 136 valence electrons. The van der Waals surface area contributed by atoms with Crippen LogP contribution in [0.1, 0.15) is 30.0 Å². The average molecular weight is 390 g/mol. The van der Waals surface area contributed by atoms with Crippen molar-refractivity contribution < 1.29 is 12.9 Å². The van der Waals surface area contributed by atoms with E-state index in [2.05, 4.69) is 14.9 Å². The zero-order valence-electron chi connectivity index (χ0n) is 13.9. The summed E-state index contributed by atoms with van der Waals surface area (Å²) < 4.78 is 33.0. The van der Waals surface area contributed by atoms with Crippen LogP contribution in [0.4, 0.5) is 0 Å². The van der Waals surface area contributed by atoms with E-state index in [-0.39, 0.29) is 17.3 Å². The molecular weight excluding hydrogens is 372 g/mol. The summed E-state index contributed by atoms with van der Waals surface area (Å²) in [6.07, 6.45) is 2.70. The lowest BCUT2D eigenvalue weighted by molar-refractivity contribution is 0.229. The predicted molar refractivity (Wildman–Crippen MR) is 97.8 cm³/mol. The van der Waals surface area contributed by atoms with E-state index in [0.29, 0.717) is 11.4 Å². The number of thiophene rings is 1. The van der Waals surface area contributed by atoms with Gasteiger partial charge >= 0.3 is 0 Å². The molecule has 1 aliphatic rings. The van der Waals surface area contributed by atoms with Gasteiger partial charge in [-0.05, 0) is 48.9 Å². The van der Waals surface area contributed by atoms with Gasteiger partial charge in [-0.1, -0.05) is 17.3 Å². The van der Waals surface area contributed by atoms with Gasteiger partial charge in [-0.3, -0.25) is 0 Å². The fraction of sp³-hybridized carbons (Fsp3) is 0.294. The summed E-state index contributed by atoms with van der Waals surface area (Å²) in [5, 5.41) is 5.88. The van der Waals surface area contributed by atoms with Crippen molar-refractivity contribution in [2.24, 2.45) is 5.73 Å². The molecule has 0 radical (unpaired) electrons. The summed E-state index contributed by atoms with van der Waals surface area (Å²) in [6, 6.07) is 10.2. The van der Waals surface area contributed by atoms with E-state index in [0.717, 1.165) is 24.1 Å². The quantitative estimate of drug-likeness (QED) is 0.669. The molecule has 0 amide bonds. The first-order valence-corrected chi connectivity index (χ1v) is 10.6. The van der Waals surface area contributed by atoms with E-state index in [9.17, 15) is 8.42 Å². The second-order valence-corrected chi connectivity index (χ2v) is 9.16. The minimum absolute atomic E-state index is 0.150. The van der Waals surface area contributed by atoms with Gasteiger partial charge in [-0.2, -0.15) is 4.98 Å². The first-order chi connectivity index (χ1) is 12.5. The Bertz CT molecular complexity index is 1010. The lowest BCUT2D eigenvalue weighted by atomic mass is 9.77. The topological polar surface area (TPSA) is 111 Å². The van der Waals surface area contributed by atoms with Crippen molar-refractivity contribution in [1.29, 1.82) is 0 Å². The maximum absolute atomic E-state index is 12.5. The molecule has 4 rings (SSSR count). The van der Waals surface area contributed by atoms with Gasteiger partial charge in [0.2, 0.25) is 10.0 Å². The Kier molecular flexibility index (Phi) is 4.39. The summed E-state index contributed by atoms with van der Waals surface area (Å²) in [4.78, 5) is 5.46. The van der Waals surface area contributed by atoms with Crippen LogP contribution in [-0.4, -0.2) is 18.6 Å². The van der Waals surface area contributed by atoms with Crippen molar-refractivity contribution in [3.8, 4) is 11.5 Å². The van der Waals surface area contributed by atoms with Crippen molar-refractivity contribution in [1.82, 2.24) is 14.9 Å². The number of nitrogens with one attached hydrogen (secondary N) is 1. The van der Waals surface area contributed by atoms with Crippen LogP contribution in [0, 0.1) is 0 Å². The zero-order valence-corrected chi connectivity index (χ0v) is 15.5. The molecule has 26 heavy (non-hydrogen) atoms. The smallest absolute Gasteiger partial charge is 0.258 e. The first-order valence-electron chi connectivity index (χ1n) is 8.22. The van der Waals surface area contributed by atoms with Crippen LogP contribution in [0.2, 0.25) is 0 Å². The number of nitrogens with two attached hydrogens (primary N) is 1. The van der Waals surface area contributed by atoms with Crippen molar-refractivity contribution in [3.05, 3.63) is 52.5 Å². The molecule has 0 bridgehead atoms. The van der Waals surface area contributed by atoms with Crippen molar-refractivity contribution in [3.63, 3.8) is 0 Å². The van der Waals surface area contributed by atoms with Gasteiger partial charge in [-0.25, -0.2) is 13.1 Å². The number of rotatable bonds is 6. The Morgan fingerprint density at radius 3 is 2.81 bits per heavy atom. The maximum Gasteiger partial charge on any atom is 0.258 e. The number of aromatic nitrogens is 2. The molecular formula is C17H18N4O3S2. The molecule has 7 nitrogen and oxygen atoms in total. The van der Waals surface area contributed by atoms with Crippen LogP contribution in [0.5, 0.6) is 0 Å². The number of hydrogen-bond acceptors (Lipinski definition) is 7. The molecule has 3 aromatic rings. The number of benzene rings is 1. The molecule has 0 atom stereocenters. The van der Waals surface area contributed by atoms with E-state index in [1.807, 2.05) is 17.5 Å². The predicted octanol–water partition coefficient (Wildman–Crippen LogP) is 2.61. The third-order valence-corrected chi connectivity index (χ3v) is 6.80. The SMILES string of the molecule is NC1(c2noc(-c3cccc(S(=O)(=O)NCc4cccs4)c3)n2)CCC1. The highest BCUT2D eigenvalue weighted by molar-refractivity contribution is 7.89. The largest absolute Gasteiger partial charge is 0.334 e. The highest BCUT2D eigenvalue weighted by Crippen LogP contribution is 2.37. The Hall–Kier alpha value is -2.07. The highest BCUT2D eigenvalue weighted by Gasteiger charge is 2.39. The molecule has 0 spiro atoms. The van der Waals surface area contributed by atoms with E-state index < -0.39 is 15.6 Å². The summed E-state index contributed by atoms with van der Waals surface area (Å²) in [6.45, 7) is 0.255. The average Bonchev–Trinajstić information content (AvgIpc) is 3.30. The van der Waals surface area contributed by atoms with Gasteiger partial charge in [0.05, 0.1) is 10.4 Å². The van der Waals surface area contributed by atoms with E-state index in [4.69, 9.17) is 10.3 Å². The van der Waals surface area contributed by atoms with Crippen molar-refractivity contribution >= 4 is 21.4 Å². The number of sulfonamides is 1. The van der Waals surface area contributed by atoms with Crippen molar-refractivity contribution in [2.75, 3.05) is 0 Å². The third-order valence-electron chi connectivity index (χ3n) is 4.52. The van der Waals surface area contributed by atoms with Gasteiger partial charge in [0.25, 0.3) is 5.89 Å². The van der Waals surface area contributed by atoms with E-state index in [1.54, 1.807) is 12.1 Å². The van der Waals surface area contributed by atoms with Crippen LogP contribution < -0.4 is 10.5 Å². The number of hydrogen-bond donors (Lipinski definition) is 2. The van der Waals surface area contributed by atoms with Gasteiger partial charge < -0.3 is 10.3 Å². The summed E-state index contributed by atoms with van der Waals surface area (Å²) in [5.74, 6) is 0.745. The highest BCUT2D eigenvalue weighted by atomic mass is 32.2. The van der Waals surface area contributed by atoms with Crippen molar-refractivity contribution in [2.45, 2.75) is 36.2 Å². The third kappa shape index (κ3) is 3.30. The second kappa shape index (κ2) is 6.58. The molecule has 1 saturated carbocycles. The van der Waals surface area contributed by atoms with Gasteiger partial charge in [0, 0.05) is 17.0 Å². The molecule has 2 aromatic heterocycles. The molecule has 1 fully saturated rings. The van der Waals surface area contributed by atoms with E-state index in [1.165, 1.54) is 23.5 Å². The normalized spacial score (nSPS) is 16.3. The van der Waals surface area contributed by atoms with Crippen LogP contribution in [-0.2, 0) is 22.1 Å². The molecule has 2 heterocycles. The zero-order chi connectivity index (χ0) is 18.2. The summed E-state index contributed by atoms with van der Waals surface area (Å²) in [7, 11) is -3.64. The summed E-state index contributed by atoms with van der Waals surface area (Å²) >= 11 is 1.50. The molecule has 3 N–H and O–H groups in total. The van der Waals surface area contributed by atoms with E-state index >= 15 is 0 Å². The van der Waals surface area contributed by atoms with Crippen LogP contribution >= 0.6 is 11.3 Å². The molecule has 1 aliphatic carbocycles. The van der Waals surface area contributed by atoms with Crippen LogP contribution in [0.25, 0.3) is 11.5 Å². The Labute approximate surface area is 155 Å². The lowest BCUT2D eigenvalue weighted by Crippen LogP contribution is -2.44. The standard InChI is InChI=1S/C17H18N4O3S2/c18-17(7-3-8-17)16-20-15(24-21-16)12-4-1-6-14(10-12)26(22,23)19-11-13-5-2-9-25-13/h1-2,4-6,9-10,19H,3,7-8,11,18H2. The lowest BCUT2D eigenvalue weighted by Gasteiger charge is -2.34. The molecule has 0 saturated heterocycles. The molecule has 0 unspecified atom stereocenters. The fourth-order valence-electron chi connectivity index (χ4n) is 2.78. The summed E-state index contributed by atoms with van der Waals surface area (Å²) in [5.41, 5.74) is 6.24. The Morgan fingerprint density at radius 1 is 1.27 bits per heavy atom. The first kappa shape index (κ1) is 17.3. The molecule has 1 aromatic carbocycles.